The Kier molecular flexibility index (Phi) is 2.78. The summed E-state index contributed by atoms with van der Waals surface area (Å²) in [5.74, 6) is -1.65. The van der Waals surface area contributed by atoms with Crippen LogP contribution in [0.15, 0.2) is 30.3 Å². The van der Waals surface area contributed by atoms with Crippen LogP contribution < -0.4 is 5.32 Å². The summed E-state index contributed by atoms with van der Waals surface area (Å²) >= 11 is 0. The molecule has 0 radical (unpaired) electrons. The Morgan fingerprint density at radius 2 is 1.94 bits per heavy atom. The molecular weight excluding hydrogens is 224 g/mol. The van der Waals surface area contributed by atoms with Crippen molar-refractivity contribution >= 4 is 17.9 Å². The van der Waals surface area contributed by atoms with Crippen LogP contribution in [-0.2, 0) is 9.59 Å². The molecule has 6 nitrogen and oxygen atoms in total. The van der Waals surface area contributed by atoms with E-state index in [1.807, 2.05) is 0 Å². The quantitative estimate of drug-likeness (QED) is 0.739. The summed E-state index contributed by atoms with van der Waals surface area (Å²) in [6.45, 7) is -0.231. The summed E-state index contributed by atoms with van der Waals surface area (Å²) in [6.07, 6.45) is 0. The van der Waals surface area contributed by atoms with Gasteiger partial charge in [-0.1, -0.05) is 30.3 Å². The second kappa shape index (κ2) is 4.25. The number of carbonyl (C=O) groups excluding carboxylic acids is 2. The number of carboxylic acids is 1. The molecule has 0 saturated carbocycles. The average molecular weight is 234 g/mol. The molecule has 2 N–H and O–H groups in total. The molecule has 1 aliphatic rings. The molecule has 0 bridgehead atoms. The van der Waals surface area contributed by atoms with Crippen LogP contribution in [0.5, 0.6) is 0 Å². The number of rotatable bonds is 3. The number of nitrogens with one attached hydrogen (secondary N) is 1. The van der Waals surface area contributed by atoms with Crippen molar-refractivity contribution in [3.8, 4) is 0 Å². The maximum absolute atomic E-state index is 11.4. The van der Waals surface area contributed by atoms with Gasteiger partial charge in [0.05, 0.1) is 0 Å². The number of aliphatic carboxylic acids is 1. The first-order valence-corrected chi connectivity index (χ1v) is 4.98. The van der Waals surface area contributed by atoms with Gasteiger partial charge in [-0.3, -0.25) is 15.0 Å². The van der Waals surface area contributed by atoms with Gasteiger partial charge < -0.3 is 5.11 Å². The number of nitrogens with zero attached hydrogens (tertiary/aromatic N) is 1. The number of carboxylic acid groups (broad SMARTS) is 1. The molecule has 1 atom stereocenters. The molecule has 88 valence electrons. The third-order valence-corrected chi connectivity index (χ3v) is 2.48. The summed E-state index contributed by atoms with van der Waals surface area (Å²) in [4.78, 5) is 34.7. The largest absolute Gasteiger partial charge is 0.479 e. The van der Waals surface area contributed by atoms with E-state index in [4.69, 9.17) is 5.11 Å². The summed E-state index contributed by atoms with van der Waals surface area (Å²) < 4.78 is 0. The van der Waals surface area contributed by atoms with Crippen molar-refractivity contribution in [3.63, 3.8) is 0 Å². The van der Waals surface area contributed by atoms with Crippen LogP contribution in [-0.4, -0.2) is 34.5 Å². The summed E-state index contributed by atoms with van der Waals surface area (Å²) in [5, 5.41) is 11.2. The zero-order valence-electron chi connectivity index (χ0n) is 8.79. The van der Waals surface area contributed by atoms with Crippen molar-refractivity contribution in [1.82, 2.24) is 10.2 Å². The third-order valence-electron chi connectivity index (χ3n) is 2.48. The van der Waals surface area contributed by atoms with Crippen molar-refractivity contribution in [1.29, 1.82) is 0 Å². The molecule has 0 aromatic heterocycles. The fourth-order valence-corrected chi connectivity index (χ4v) is 1.76. The van der Waals surface area contributed by atoms with Crippen LogP contribution in [0.3, 0.4) is 0 Å². The Labute approximate surface area is 96.8 Å². The standard InChI is InChI=1S/C11H10N2O4/c14-8-6-13(11(17)12-8)9(10(15)16)7-4-2-1-3-5-7/h1-5,9H,6H2,(H,15,16)(H,12,14,17). The van der Waals surface area contributed by atoms with E-state index >= 15 is 0 Å². The van der Waals surface area contributed by atoms with Crippen molar-refractivity contribution in [2.75, 3.05) is 6.54 Å². The molecule has 0 aliphatic carbocycles. The van der Waals surface area contributed by atoms with Gasteiger partial charge >= 0.3 is 12.0 Å². The highest BCUT2D eigenvalue weighted by Gasteiger charge is 2.37. The molecule has 17 heavy (non-hydrogen) atoms. The lowest BCUT2D eigenvalue weighted by atomic mass is 10.1. The second-order valence-corrected chi connectivity index (χ2v) is 3.63. The molecular formula is C11H10N2O4. The lowest BCUT2D eigenvalue weighted by Gasteiger charge is -2.22. The van der Waals surface area contributed by atoms with Crippen LogP contribution >= 0.6 is 0 Å². The minimum absolute atomic E-state index is 0.231. The fraction of sp³-hybridized carbons (Fsp3) is 0.182. The van der Waals surface area contributed by atoms with Gasteiger partial charge in [0.25, 0.3) is 0 Å². The van der Waals surface area contributed by atoms with Gasteiger partial charge in [-0.15, -0.1) is 0 Å². The number of carbonyl (C=O) groups is 3. The molecule has 1 aromatic carbocycles. The first-order chi connectivity index (χ1) is 8.09. The third kappa shape index (κ3) is 2.10. The lowest BCUT2D eigenvalue weighted by molar-refractivity contribution is -0.142. The molecule has 0 spiro atoms. The normalized spacial score (nSPS) is 16.8. The van der Waals surface area contributed by atoms with E-state index in [2.05, 4.69) is 5.32 Å². The Morgan fingerprint density at radius 1 is 1.29 bits per heavy atom. The topological polar surface area (TPSA) is 86.7 Å². The molecule has 1 unspecified atom stereocenters. The first kappa shape index (κ1) is 11.1. The summed E-state index contributed by atoms with van der Waals surface area (Å²) in [6, 6.07) is 6.51. The number of amides is 3. The van der Waals surface area contributed by atoms with E-state index in [0.29, 0.717) is 5.56 Å². The van der Waals surface area contributed by atoms with Crippen molar-refractivity contribution in [2.24, 2.45) is 0 Å². The van der Waals surface area contributed by atoms with Gasteiger partial charge in [0.2, 0.25) is 5.91 Å². The van der Waals surface area contributed by atoms with Crippen molar-refractivity contribution in [2.45, 2.75) is 6.04 Å². The van der Waals surface area contributed by atoms with Crippen molar-refractivity contribution in [3.05, 3.63) is 35.9 Å². The molecule has 6 heteroatoms. The predicted octanol–water partition coefficient (Wildman–Crippen LogP) is 0.364. The van der Waals surface area contributed by atoms with Gasteiger partial charge in [-0.2, -0.15) is 0 Å². The van der Waals surface area contributed by atoms with Gasteiger partial charge in [0, 0.05) is 0 Å². The fourth-order valence-electron chi connectivity index (χ4n) is 1.76. The van der Waals surface area contributed by atoms with E-state index in [-0.39, 0.29) is 6.54 Å². The van der Waals surface area contributed by atoms with Crippen LogP contribution in [0.4, 0.5) is 4.79 Å². The zero-order valence-corrected chi connectivity index (χ0v) is 8.79. The number of imide groups is 1. The lowest BCUT2D eigenvalue weighted by Crippen LogP contribution is -2.36. The molecule has 1 aromatic rings. The Hall–Kier alpha value is -2.37. The molecule has 2 rings (SSSR count). The highest BCUT2D eigenvalue weighted by molar-refractivity contribution is 6.03. The Bertz CT molecular complexity index is 472. The highest BCUT2D eigenvalue weighted by atomic mass is 16.4. The predicted molar refractivity (Wildman–Crippen MR) is 57.1 cm³/mol. The van der Waals surface area contributed by atoms with Crippen LogP contribution in [0.25, 0.3) is 0 Å². The van der Waals surface area contributed by atoms with Crippen LogP contribution in [0.1, 0.15) is 11.6 Å². The average Bonchev–Trinajstić information content (AvgIpc) is 2.59. The molecule has 1 fully saturated rings. The van der Waals surface area contributed by atoms with Gasteiger partial charge in [-0.05, 0) is 5.56 Å². The van der Waals surface area contributed by atoms with Gasteiger partial charge in [0.1, 0.15) is 6.54 Å². The highest BCUT2D eigenvalue weighted by Crippen LogP contribution is 2.22. The number of urea groups is 1. The number of hydrogen-bond acceptors (Lipinski definition) is 3. The molecule has 1 aliphatic heterocycles. The smallest absolute Gasteiger partial charge is 0.331 e. The van der Waals surface area contributed by atoms with E-state index in [1.165, 1.54) is 0 Å². The van der Waals surface area contributed by atoms with E-state index in [1.54, 1.807) is 30.3 Å². The Balaban J connectivity index is 2.34. The SMILES string of the molecule is O=C1CN(C(C(=O)O)c2ccccc2)C(=O)N1. The number of benzene rings is 1. The minimum atomic E-state index is -1.17. The number of hydrogen-bond donors (Lipinski definition) is 2. The molecule has 1 saturated heterocycles. The van der Waals surface area contributed by atoms with Crippen LogP contribution in [0, 0.1) is 0 Å². The minimum Gasteiger partial charge on any atom is -0.479 e. The monoisotopic (exact) mass is 234 g/mol. The van der Waals surface area contributed by atoms with E-state index in [0.717, 1.165) is 4.90 Å². The molecule has 1 heterocycles. The van der Waals surface area contributed by atoms with Gasteiger partial charge in [0.15, 0.2) is 6.04 Å². The van der Waals surface area contributed by atoms with E-state index in [9.17, 15) is 14.4 Å². The van der Waals surface area contributed by atoms with Crippen LogP contribution in [0.2, 0.25) is 0 Å². The second-order valence-electron chi connectivity index (χ2n) is 3.63. The molecule has 3 amide bonds. The Morgan fingerprint density at radius 3 is 2.41 bits per heavy atom. The summed E-state index contributed by atoms with van der Waals surface area (Å²) in [7, 11) is 0. The maximum atomic E-state index is 11.4. The van der Waals surface area contributed by atoms with Crippen molar-refractivity contribution < 1.29 is 19.5 Å². The zero-order chi connectivity index (χ0) is 12.4. The first-order valence-electron chi connectivity index (χ1n) is 4.98. The van der Waals surface area contributed by atoms with Gasteiger partial charge in [-0.25, -0.2) is 9.59 Å². The maximum Gasteiger partial charge on any atom is 0.331 e. The summed E-state index contributed by atoms with van der Waals surface area (Å²) in [5.41, 5.74) is 0.463. The van der Waals surface area contributed by atoms with E-state index < -0.39 is 23.9 Å².